The van der Waals surface area contributed by atoms with E-state index in [4.69, 9.17) is 0 Å². The monoisotopic (exact) mass is 285 g/mol. The summed E-state index contributed by atoms with van der Waals surface area (Å²) in [6.45, 7) is 3.48. The first-order chi connectivity index (χ1) is 10.2. The van der Waals surface area contributed by atoms with Crippen molar-refractivity contribution in [3.8, 4) is 0 Å². The Labute approximate surface area is 123 Å². The first kappa shape index (κ1) is 13.8. The molecule has 1 fully saturated rings. The summed E-state index contributed by atoms with van der Waals surface area (Å²) < 4.78 is 1.30. The molecule has 0 N–H and O–H groups in total. The van der Waals surface area contributed by atoms with Crippen LogP contribution in [0.4, 0.5) is 0 Å². The van der Waals surface area contributed by atoms with Crippen LogP contribution in [0.15, 0.2) is 29.1 Å². The van der Waals surface area contributed by atoms with Gasteiger partial charge in [0, 0.05) is 18.5 Å². The van der Waals surface area contributed by atoms with Gasteiger partial charge >= 0.3 is 0 Å². The van der Waals surface area contributed by atoms with Gasteiger partial charge in [0.25, 0.3) is 5.56 Å². The third kappa shape index (κ3) is 2.68. The fourth-order valence-electron chi connectivity index (χ4n) is 2.88. The summed E-state index contributed by atoms with van der Waals surface area (Å²) in [5, 5.41) is 5.77. The molecule has 5 heteroatoms. The second-order valence-corrected chi connectivity index (χ2v) is 5.54. The van der Waals surface area contributed by atoms with E-state index >= 15 is 0 Å². The summed E-state index contributed by atoms with van der Waals surface area (Å²) in [4.78, 5) is 26.6. The predicted octanol–water partition coefficient (Wildman–Crippen LogP) is 1.72. The van der Waals surface area contributed by atoms with E-state index in [1.165, 1.54) is 11.1 Å². The van der Waals surface area contributed by atoms with E-state index in [-0.39, 0.29) is 18.0 Å². The van der Waals surface area contributed by atoms with Crippen LogP contribution in [-0.2, 0) is 11.3 Å². The molecule has 0 atom stereocenters. The van der Waals surface area contributed by atoms with Gasteiger partial charge in [-0.15, -0.1) is 0 Å². The molecule has 1 aliphatic rings. The van der Waals surface area contributed by atoms with Gasteiger partial charge in [-0.2, -0.15) is 5.10 Å². The predicted molar refractivity (Wildman–Crippen MR) is 81.2 cm³/mol. The summed E-state index contributed by atoms with van der Waals surface area (Å²) >= 11 is 0. The van der Waals surface area contributed by atoms with Gasteiger partial charge in [-0.3, -0.25) is 9.59 Å². The van der Waals surface area contributed by atoms with Crippen LogP contribution in [0.5, 0.6) is 0 Å². The Morgan fingerprint density at radius 1 is 1.14 bits per heavy atom. The lowest BCUT2D eigenvalue weighted by Gasteiger charge is -2.26. The van der Waals surface area contributed by atoms with Gasteiger partial charge in [-0.1, -0.05) is 18.2 Å². The van der Waals surface area contributed by atoms with E-state index in [9.17, 15) is 9.59 Å². The molecule has 110 valence electrons. The van der Waals surface area contributed by atoms with Gasteiger partial charge in [0.15, 0.2) is 0 Å². The third-order valence-corrected chi connectivity index (χ3v) is 4.05. The average Bonchev–Trinajstić information content (AvgIpc) is 2.53. The lowest BCUT2D eigenvalue weighted by atomic mass is 10.1. The molecule has 0 radical (unpaired) electrons. The molecule has 0 unspecified atom stereocenters. The highest BCUT2D eigenvalue weighted by Crippen LogP contribution is 2.12. The topological polar surface area (TPSA) is 55.2 Å². The maximum Gasteiger partial charge on any atom is 0.275 e. The minimum atomic E-state index is -0.193. The standard InChI is InChI=1S/C16H19N3O2/c1-12-13-7-3-4-8-14(13)16(21)19(17-12)11-15(20)18-9-5-2-6-10-18/h3-4,7-8H,2,5-6,9-11H2,1H3. The molecular formula is C16H19N3O2. The normalized spacial score (nSPS) is 15.4. The minimum Gasteiger partial charge on any atom is -0.341 e. The van der Waals surface area contributed by atoms with E-state index in [0.29, 0.717) is 5.39 Å². The third-order valence-electron chi connectivity index (χ3n) is 4.05. The van der Waals surface area contributed by atoms with Gasteiger partial charge in [0.05, 0.1) is 11.1 Å². The smallest absolute Gasteiger partial charge is 0.275 e. The second-order valence-electron chi connectivity index (χ2n) is 5.54. The van der Waals surface area contributed by atoms with Crippen LogP contribution in [0.25, 0.3) is 10.8 Å². The Balaban J connectivity index is 1.92. The highest BCUT2D eigenvalue weighted by Gasteiger charge is 2.18. The molecule has 5 nitrogen and oxygen atoms in total. The lowest BCUT2D eigenvalue weighted by molar-refractivity contribution is -0.133. The van der Waals surface area contributed by atoms with Crippen molar-refractivity contribution < 1.29 is 4.79 Å². The number of nitrogens with zero attached hydrogens (tertiary/aromatic N) is 3. The molecule has 2 heterocycles. The molecule has 0 saturated carbocycles. The van der Waals surface area contributed by atoms with E-state index in [2.05, 4.69) is 5.10 Å². The van der Waals surface area contributed by atoms with E-state index < -0.39 is 0 Å². The largest absolute Gasteiger partial charge is 0.341 e. The van der Waals surface area contributed by atoms with Crippen LogP contribution in [-0.4, -0.2) is 33.7 Å². The number of carbonyl (C=O) groups excluding carboxylic acids is 1. The number of benzene rings is 1. The lowest BCUT2D eigenvalue weighted by Crippen LogP contribution is -2.40. The quantitative estimate of drug-likeness (QED) is 0.844. The molecule has 1 aliphatic heterocycles. The first-order valence-corrected chi connectivity index (χ1v) is 7.41. The Hall–Kier alpha value is -2.17. The van der Waals surface area contributed by atoms with E-state index in [0.717, 1.165) is 37.0 Å². The van der Waals surface area contributed by atoms with Crippen LogP contribution in [0, 0.1) is 6.92 Å². The zero-order chi connectivity index (χ0) is 14.8. The second kappa shape index (κ2) is 5.68. The Morgan fingerprint density at radius 2 is 1.81 bits per heavy atom. The van der Waals surface area contributed by atoms with Gasteiger partial charge in [0.2, 0.25) is 5.91 Å². The number of amides is 1. The van der Waals surface area contributed by atoms with Crippen molar-refractivity contribution in [2.24, 2.45) is 0 Å². The van der Waals surface area contributed by atoms with Crippen LogP contribution in [0.3, 0.4) is 0 Å². The number of likely N-dealkylation sites (tertiary alicyclic amines) is 1. The van der Waals surface area contributed by atoms with E-state index in [1.807, 2.05) is 30.0 Å². The number of hydrogen-bond donors (Lipinski definition) is 0. The summed E-state index contributed by atoms with van der Waals surface area (Å²) in [7, 11) is 0. The molecule has 0 spiro atoms. The summed E-state index contributed by atoms with van der Waals surface area (Å²) in [6.07, 6.45) is 3.27. The molecule has 0 aliphatic carbocycles. The van der Waals surface area contributed by atoms with Crippen molar-refractivity contribution in [2.75, 3.05) is 13.1 Å². The molecule has 3 rings (SSSR count). The van der Waals surface area contributed by atoms with Gasteiger partial charge < -0.3 is 4.90 Å². The zero-order valence-corrected chi connectivity index (χ0v) is 12.2. The number of hydrogen-bond acceptors (Lipinski definition) is 3. The average molecular weight is 285 g/mol. The van der Waals surface area contributed by atoms with Crippen LogP contribution >= 0.6 is 0 Å². The summed E-state index contributed by atoms with van der Waals surface area (Å²) in [5.74, 6) is -0.0148. The van der Waals surface area contributed by atoms with Gasteiger partial charge in [-0.25, -0.2) is 4.68 Å². The SMILES string of the molecule is Cc1nn(CC(=O)N2CCCCC2)c(=O)c2ccccc12. The van der Waals surface area contributed by atoms with Crippen molar-refractivity contribution in [3.63, 3.8) is 0 Å². The number of aryl methyl sites for hydroxylation is 1. The van der Waals surface area contributed by atoms with Crippen molar-refractivity contribution in [3.05, 3.63) is 40.3 Å². The highest BCUT2D eigenvalue weighted by atomic mass is 16.2. The minimum absolute atomic E-state index is 0.0148. The molecule has 1 aromatic carbocycles. The van der Waals surface area contributed by atoms with Crippen LogP contribution < -0.4 is 5.56 Å². The number of fused-ring (bicyclic) bond motifs is 1. The van der Waals surface area contributed by atoms with Gasteiger partial charge in [-0.05, 0) is 32.3 Å². The van der Waals surface area contributed by atoms with Crippen molar-refractivity contribution >= 4 is 16.7 Å². The number of carbonyl (C=O) groups is 1. The van der Waals surface area contributed by atoms with Crippen LogP contribution in [0.1, 0.15) is 25.0 Å². The van der Waals surface area contributed by atoms with Crippen molar-refractivity contribution in [1.29, 1.82) is 0 Å². The zero-order valence-electron chi connectivity index (χ0n) is 12.2. The number of piperidine rings is 1. The number of rotatable bonds is 2. The molecule has 1 aromatic heterocycles. The van der Waals surface area contributed by atoms with Crippen molar-refractivity contribution in [2.45, 2.75) is 32.7 Å². The maximum absolute atomic E-state index is 12.4. The molecular weight excluding hydrogens is 266 g/mol. The fraction of sp³-hybridized carbons (Fsp3) is 0.438. The summed E-state index contributed by atoms with van der Waals surface area (Å²) in [6, 6.07) is 7.39. The Morgan fingerprint density at radius 3 is 2.52 bits per heavy atom. The van der Waals surface area contributed by atoms with Crippen molar-refractivity contribution in [1.82, 2.24) is 14.7 Å². The number of aromatic nitrogens is 2. The maximum atomic E-state index is 12.4. The molecule has 1 saturated heterocycles. The molecule has 2 aromatic rings. The van der Waals surface area contributed by atoms with Crippen LogP contribution in [0.2, 0.25) is 0 Å². The fourth-order valence-corrected chi connectivity index (χ4v) is 2.88. The van der Waals surface area contributed by atoms with Gasteiger partial charge in [0.1, 0.15) is 6.54 Å². The highest BCUT2D eigenvalue weighted by molar-refractivity contribution is 5.83. The first-order valence-electron chi connectivity index (χ1n) is 7.41. The Bertz CT molecular complexity index is 730. The molecule has 1 amide bonds. The van der Waals surface area contributed by atoms with E-state index in [1.54, 1.807) is 6.07 Å². The summed E-state index contributed by atoms with van der Waals surface area (Å²) in [5.41, 5.74) is 0.582. The molecule has 21 heavy (non-hydrogen) atoms. The molecule has 0 bridgehead atoms. The Kier molecular flexibility index (Phi) is 3.73.